The summed E-state index contributed by atoms with van der Waals surface area (Å²) in [6.45, 7) is 45.4. The Morgan fingerprint density at radius 2 is 1.11 bits per heavy atom. The molecule has 62 heavy (non-hydrogen) atoms. The zero-order valence-corrected chi connectivity index (χ0v) is 43.8. The quantitative estimate of drug-likeness (QED) is 0.120. The molecule has 3 N–H and O–H groups in total. The fourth-order valence-corrected chi connectivity index (χ4v) is 7.38. The number of esters is 2. The fourth-order valence-electron chi connectivity index (χ4n) is 7.38. The van der Waals surface area contributed by atoms with E-state index in [2.05, 4.69) is 55.0 Å². The summed E-state index contributed by atoms with van der Waals surface area (Å²) >= 11 is 0. The van der Waals surface area contributed by atoms with Crippen LogP contribution in [0.25, 0.3) is 0 Å². The van der Waals surface area contributed by atoms with E-state index >= 15 is 0 Å². The van der Waals surface area contributed by atoms with Gasteiger partial charge in [-0.05, 0) is 156 Å². The number of hydrogen-bond donors (Lipinski definition) is 3. The molecule has 0 aliphatic heterocycles. The predicted molar refractivity (Wildman–Crippen MR) is 254 cm³/mol. The van der Waals surface area contributed by atoms with Crippen LogP contribution in [0.5, 0.6) is 0 Å². The van der Waals surface area contributed by atoms with Gasteiger partial charge in [-0.3, -0.25) is 19.2 Å². The summed E-state index contributed by atoms with van der Waals surface area (Å²) in [7, 11) is 0. The number of carboxylic acids is 2. The van der Waals surface area contributed by atoms with E-state index in [9.17, 15) is 24.3 Å². The molecule has 3 saturated carbocycles. The van der Waals surface area contributed by atoms with E-state index in [0.717, 1.165) is 64.2 Å². The first-order valence-corrected chi connectivity index (χ1v) is 23.8. The highest BCUT2D eigenvalue weighted by Gasteiger charge is 2.51. The molecule has 0 heterocycles. The SMILES string of the molecule is C=C(O)C(C)(C)CC.CCC(C)(C)C(=O)OC(C)(C)C.CCC(C)(C)C1CCC(C)CC1C(=O)O.CCC(C)(C)OC1CC2CC(C(=O)O)C1C2.CCC(C)C(=O)OC(C)(C)C. The van der Waals surface area contributed by atoms with Gasteiger partial charge in [-0.2, -0.15) is 0 Å². The molecule has 0 amide bonds. The Bertz CT molecular complexity index is 1380. The Labute approximate surface area is 380 Å². The highest BCUT2D eigenvalue weighted by molar-refractivity contribution is 5.76. The van der Waals surface area contributed by atoms with E-state index in [1.807, 2.05) is 96.9 Å². The van der Waals surface area contributed by atoms with Crippen LogP contribution in [0.4, 0.5) is 0 Å². The van der Waals surface area contributed by atoms with Crippen LogP contribution in [-0.2, 0) is 33.4 Å². The second kappa shape index (κ2) is 25.8. The lowest BCUT2D eigenvalue weighted by Gasteiger charge is -2.42. The largest absolute Gasteiger partial charge is 0.512 e. The molecule has 0 aromatic rings. The average Bonchev–Trinajstić information content (AvgIpc) is 3.75. The van der Waals surface area contributed by atoms with Crippen LogP contribution in [0.1, 0.15) is 216 Å². The number of fused-ring (bicyclic) bond motifs is 2. The summed E-state index contributed by atoms with van der Waals surface area (Å²) in [5, 5.41) is 27.3. The van der Waals surface area contributed by atoms with E-state index in [4.69, 9.17) is 24.4 Å². The van der Waals surface area contributed by atoms with Crippen molar-refractivity contribution in [2.75, 3.05) is 0 Å². The molecule has 3 aliphatic rings. The van der Waals surface area contributed by atoms with Crippen LogP contribution in [0.3, 0.4) is 0 Å². The summed E-state index contributed by atoms with van der Waals surface area (Å²) in [4.78, 5) is 45.0. The molecule has 3 aliphatic carbocycles. The second-order valence-corrected chi connectivity index (χ2v) is 23.0. The third kappa shape index (κ3) is 22.8. The topological polar surface area (TPSA) is 157 Å². The van der Waals surface area contributed by atoms with Gasteiger partial charge in [-0.25, -0.2) is 0 Å². The van der Waals surface area contributed by atoms with Gasteiger partial charge in [0.2, 0.25) is 0 Å². The minimum absolute atomic E-state index is 0.0224. The number of carbonyl (C=O) groups excluding carboxylic acids is 2. The predicted octanol–water partition coefficient (Wildman–Crippen LogP) is 13.9. The minimum Gasteiger partial charge on any atom is -0.512 e. The van der Waals surface area contributed by atoms with Gasteiger partial charge < -0.3 is 29.5 Å². The molecular formula is C52H98O10. The number of ether oxygens (including phenoxy) is 3. The number of hydrogen-bond acceptors (Lipinski definition) is 8. The molecule has 8 atom stereocenters. The standard InChI is InChI=1S/C13H22O3.C13H24O2.C10H20O2.C9H18O2.C7H14O/c1-4-13(2,3)16-11-7-8-5-9(11)10(6-8)12(14)15;1-5-13(3,4)11-7-6-9(2)8-10(11)12(14)15;1-7-10(5,6)8(11)12-9(2,3)4;1-6-7(2)8(10)11-9(3,4)5;1-5-7(3,4)6(2)8/h8-11H,4-7H2,1-3H3,(H,14,15);9-11H,5-8H2,1-4H3,(H,14,15);7H2,1-6H3;7H,6H2,1-5H3;8H,2,5H2,1,3-4H3. The Morgan fingerprint density at radius 3 is 1.45 bits per heavy atom. The van der Waals surface area contributed by atoms with Gasteiger partial charge in [0.25, 0.3) is 0 Å². The van der Waals surface area contributed by atoms with Crippen LogP contribution in [-0.4, -0.2) is 62.1 Å². The maximum absolute atomic E-state index is 11.5. The Kier molecular flexibility index (Phi) is 25.5. The zero-order valence-electron chi connectivity index (χ0n) is 43.8. The van der Waals surface area contributed by atoms with Crippen LogP contribution in [0, 0.1) is 57.7 Å². The smallest absolute Gasteiger partial charge is 0.312 e. The number of aliphatic hydroxyl groups is 1. The second-order valence-electron chi connectivity index (χ2n) is 23.0. The van der Waals surface area contributed by atoms with Gasteiger partial charge >= 0.3 is 23.9 Å². The molecule has 0 saturated heterocycles. The molecule has 0 spiro atoms. The lowest BCUT2D eigenvalue weighted by molar-refractivity contribution is -0.166. The normalized spacial score (nSPS) is 24.2. The molecule has 0 radical (unpaired) electrons. The van der Waals surface area contributed by atoms with Crippen molar-refractivity contribution < 1.29 is 48.7 Å². The molecule has 366 valence electrons. The highest BCUT2D eigenvalue weighted by atomic mass is 16.6. The van der Waals surface area contributed by atoms with Crippen LogP contribution in [0.15, 0.2) is 12.3 Å². The number of aliphatic hydroxyl groups excluding tert-OH is 1. The van der Waals surface area contributed by atoms with E-state index in [1.54, 1.807) is 0 Å². The highest BCUT2D eigenvalue weighted by Crippen LogP contribution is 2.51. The molecule has 0 aromatic carbocycles. The van der Waals surface area contributed by atoms with Crippen molar-refractivity contribution in [3.05, 3.63) is 12.3 Å². The van der Waals surface area contributed by atoms with Gasteiger partial charge in [0.1, 0.15) is 11.2 Å². The molecule has 10 heteroatoms. The molecule has 3 fully saturated rings. The van der Waals surface area contributed by atoms with Gasteiger partial charge in [0.05, 0.1) is 40.6 Å². The number of allylic oxidation sites excluding steroid dienone is 1. The van der Waals surface area contributed by atoms with Crippen LogP contribution < -0.4 is 0 Å². The van der Waals surface area contributed by atoms with Crippen LogP contribution >= 0.6 is 0 Å². The lowest BCUT2D eigenvalue weighted by atomic mass is 9.62. The molecule has 0 aromatic heterocycles. The van der Waals surface area contributed by atoms with E-state index < -0.39 is 11.9 Å². The maximum atomic E-state index is 11.5. The summed E-state index contributed by atoms with van der Waals surface area (Å²) in [5.41, 5.74) is -1.11. The van der Waals surface area contributed by atoms with Crippen molar-refractivity contribution in [3.63, 3.8) is 0 Å². The molecular weight excluding hydrogens is 785 g/mol. The first-order valence-electron chi connectivity index (χ1n) is 23.8. The number of carbonyl (C=O) groups is 4. The molecule has 10 nitrogen and oxygen atoms in total. The van der Waals surface area contributed by atoms with Crippen molar-refractivity contribution in [1.82, 2.24) is 0 Å². The van der Waals surface area contributed by atoms with E-state index in [0.29, 0.717) is 17.8 Å². The van der Waals surface area contributed by atoms with E-state index in [1.165, 1.54) is 6.42 Å². The van der Waals surface area contributed by atoms with E-state index in [-0.39, 0.29) is 80.5 Å². The third-order valence-electron chi connectivity index (χ3n) is 13.7. The Balaban J connectivity index is 0. The van der Waals surface area contributed by atoms with Crippen molar-refractivity contribution >= 4 is 23.9 Å². The van der Waals surface area contributed by atoms with Crippen molar-refractivity contribution in [2.24, 2.45) is 57.7 Å². The first kappa shape index (κ1) is 61.5. The van der Waals surface area contributed by atoms with Gasteiger partial charge in [0, 0.05) is 5.41 Å². The summed E-state index contributed by atoms with van der Waals surface area (Å²) in [5.74, 6) is 0.373. The molecule has 3 rings (SSSR count). The lowest BCUT2D eigenvalue weighted by Crippen LogP contribution is -2.38. The monoisotopic (exact) mass is 883 g/mol. The Hall–Kier alpha value is -2.62. The number of rotatable bonds is 13. The zero-order chi connectivity index (χ0) is 49.4. The first-order chi connectivity index (χ1) is 27.9. The summed E-state index contributed by atoms with van der Waals surface area (Å²) in [6, 6.07) is 0. The third-order valence-corrected chi connectivity index (χ3v) is 13.7. The summed E-state index contributed by atoms with van der Waals surface area (Å²) < 4.78 is 16.5. The van der Waals surface area contributed by atoms with Crippen LogP contribution in [0.2, 0.25) is 0 Å². The summed E-state index contributed by atoms with van der Waals surface area (Å²) in [6.07, 6.45) is 10.9. The van der Waals surface area contributed by atoms with Crippen molar-refractivity contribution in [2.45, 2.75) is 239 Å². The Morgan fingerprint density at radius 1 is 0.629 bits per heavy atom. The van der Waals surface area contributed by atoms with Gasteiger partial charge in [0.15, 0.2) is 0 Å². The minimum atomic E-state index is -0.630. The maximum Gasteiger partial charge on any atom is 0.312 e. The fraction of sp³-hybridized carbons (Fsp3) is 0.885. The van der Waals surface area contributed by atoms with Gasteiger partial charge in [-0.1, -0.05) is 95.6 Å². The molecule has 2 bridgehead atoms. The number of aliphatic carboxylic acids is 2. The number of carboxylic acid groups (broad SMARTS) is 2. The van der Waals surface area contributed by atoms with Crippen molar-refractivity contribution in [1.29, 1.82) is 0 Å². The van der Waals surface area contributed by atoms with Crippen molar-refractivity contribution in [3.8, 4) is 0 Å². The molecule has 8 unspecified atom stereocenters. The van der Waals surface area contributed by atoms with Gasteiger partial charge in [-0.15, -0.1) is 0 Å². The average molecular weight is 883 g/mol.